The predicted molar refractivity (Wildman–Crippen MR) is 52.0 cm³/mol. The first-order chi connectivity index (χ1) is 5.76. The van der Waals surface area contributed by atoms with Gasteiger partial charge < -0.3 is 5.32 Å². The summed E-state index contributed by atoms with van der Waals surface area (Å²) in [5.41, 5.74) is 0.915. The molecule has 1 N–H and O–H groups in total. The van der Waals surface area contributed by atoms with Crippen molar-refractivity contribution in [2.24, 2.45) is 0 Å². The van der Waals surface area contributed by atoms with Gasteiger partial charge >= 0.3 is 0 Å². The monoisotopic (exact) mass is 169 g/mol. The Kier molecular flexibility index (Phi) is 6.44. The number of hydrogen-bond acceptors (Lipinski definition) is 2. The van der Waals surface area contributed by atoms with E-state index in [2.05, 4.69) is 5.32 Å². The highest BCUT2D eigenvalue weighted by Gasteiger charge is 2.04. The van der Waals surface area contributed by atoms with Crippen molar-refractivity contribution in [3.8, 4) is 0 Å². The number of rotatable bonds is 6. The Balaban J connectivity index is 4.04. The summed E-state index contributed by atoms with van der Waals surface area (Å²) in [5, 5.41) is 3.06. The molecule has 0 saturated heterocycles. The Hall–Kier alpha value is -0.790. The van der Waals surface area contributed by atoms with Crippen LogP contribution in [0.2, 0.25) is 0 Å². The fourth-order valence-electron chi connectivity index (χ4n) is 0.993. The second-order valence-electron chi connectivity index (χ2n) is 2.75. The van der Waals surface area contributed by atoms with Crippen molar-refractivity contribution >= 4 is 5.78 Å². The molecule has 0 bridgehead atoms. The van der Waals surface area contributed by atoms with E-state index < -0.39 is 0 Å². The van der Waals surface area contributed by atoms with Crippen LogP contribution in [0, 0.1) is 0 Å². The minimum atomic E-state index is 0.279. The molecule has 0 saturated carbocycles. The van der Waals surface area contributed by atoms with Crippen LogP contribution in [0.1, 0.15) is 40.0 Å². The van der Waals surface area contributed by atoms with E-state index in [1.165, 1.54) is 0 Å². The van der Waals surface area contributed by atoms with E-state index in [-0.39, 0.29) is 5.78 Å². The highest BCUT2D eigenvalue weighted by molar-refractivity contribution is 5.95. The molecule has 0 spiro atoms. The third-order valence-electron chi connectivity index (χ3n) is 1.70. The lowest BCUT2D eigenvalue weighted by Crippen LogP contribution is -2.09. The maximum absolute atomic E-state index is 11.4. The highest BCUT2D eigenvalue weighted by Crippen LogP contribution is 2.05. The molecule has 0 aromatic carbocycles. The number of allylic oxidation sites excluding steroid dienone is 1. The van der Waals surface area contributed by atoms with Gasteiger partial charge in [0.15, 0.2) is 5.78 Å². The Labute approximate surface area is 75.0 Å². The summed E-state index contributed by atoms with van der Waals surface area (Å²) < 4.78 is 0. The number of nitrogens with one attached hydrogen (secondary N) is 1. The van der Waals surface area contributed by atoms with Gasteiger partial charge in [-0.05, 0) is 19.8 Å². The number of ketones is 1. The summed E-state index contributed by atoms with van der Waals surface area (Å²) in [6.07, 6.45) is 4.27. The minimum Gasteiger partial charge on any atom is -0.391 e. The molecule has 0 atom stereocenters. The third kappa shape index (κ3) is 4.16. The van der Waals surface area contributed by atoms with Gasteiger partial charge in [-0.1, -0.05) is 13.8 Å². The van der Waals surface area contributed by atoms with Crippen molar-refractivity contribution in [2.75, 3.05) is 6.54 Å². The summed E-state index contributed by atoms with van der Waals surface area (Å²) in [6.45, 7) is 6.94. The third-order valence-corrected chi connectivity index (χ3v) is 1.70. The van der Waals surface area contributed by atoms with Gasteiger partial charge in [-0.15, -0.1) is 0 Å². The topological polar surface area (TPSA) is 29.1 Å². The van der Waals surface area contributed by atoms with Crippen LogP contribution in [0.5, 0.6) is 0 Å². The van der Waals surface area contributed by atoms with Gasteiger partial charge in [0, 0.05) is 24.7 Å². The summed E-state index contributed by atoms with van der Waals surface area (Å²) in [7, 11) is 0. The first-order valence-electron chi connectivity index (χ1n) is 4.71. The molecular formula is C10H19NO. The maximum Gasteiger partial charge on any atom is 0.160 e. The average Bonchev–Trinajstić information content (AvgIpc) is 2.06. The fraction of sp³-hybridized carbons (Fsp3) is 0.700. The molecule has 12 heavy (non-hydrogen) atoms. The Morgan fingerprint density at radius 2 is 2.00 bits per heavy atom. The van der Waals surface area contributed by atoms with Crippen molar-refractivity contribution in [1.29, 1.82) is 0 Å². The fourth-order valence-corrected chi connectivity index (χ4v) is 0.993. The number of Topliss-reactive ketones (excluding diaryl/α,β-unsaturated/α-hetero) is 1. The van der Waals surface area contributed by atoms with E-state index in [1.807, 2.05) is 27.0 Å². The molecule has 0 unspecified atom stereocenters. The molecule has 0 aliphatic heterocycles. The van der Waals surface area contributed by atoms with Gasteiger partial charge in [0.1, 0.15) is 0 Å². The molecule has 0 aliphatic carbocycles. The van der Waals surface area contributed by atoms with E-state index in [0.29, 0.717) is 6.42 Å². The highest BCUT2D eigenvalue weighted by atomic mass is 16.1. The molecule has 0 aliphatic rings. The molecule has 2 nitrogen and oxygen atoms in total. The van der Waals surface area contributed by atoms with E-state index in [0.717, 1.165) is 25.0 Å². The van der Waals surface area contributed by atoms with Crippen LogP contribution in [-0.2, 0) is 4.79 Å². The first kappa shape index (κ1) is 11.2. The summed E-state index contributed by atoms with van der Waals surface area (Å²) >= 11 is 0. The first-order valence-corrected chi connectivity index (χ1v) is 4.71. The largest absolute Gasteiger partial charge is 0.391 e. The van der Waals surface area contributed by atoms with Crippen LogP contribution in [0.3, 0.4) is 0 Å². The molecule has 70 valence electrons. The summed E-state index contributed by atoms with van der Waals surface area (Å²) in [6, 6.07) is 0. The van der Waals surface area contributed by atoms with E-state index in [4.69, 9.17) is 0 Å². The van der Waals surface area contributed by atoms with Gasteiger partial charge in [0.2, 0.25) is 0 Å². The standard InChI is InChI=1S/C10H19NO/c1-4-7-10(12)9(5-2)8-11-6-3/h8,11H,4-7H2,1-3H3. The quantitative estimate of drug-likeness (QED) is 0.618. The molecule has 0 aromatic rings. The van der Waals surface area contributed by atoms with Crippen LogP contribution < -0.4 is 5.32 Å². The maximum atomic E-state index is 11.4. The zero-order valence-corrected chi connectivity index (χ0v) is 8.31. The lowest BCUT2D eigenvalue weighted by atomic mass is 10.1. The van der Waals surface area contributed by atoms with Crippen molar-refractivity contribution < 1.29 is 4.79 Å². The zero-order valence-electron chi connectivity index (χ0n) is 8.31. The predicted octanol–water partition coefficient (Wildman–Crippen LogP) is 2.26. The number of carbonyl (C=O) groups is 1. The molecule has 0 rings (SSSR count). The van der Waals surface area contributed by atoms with E-state index in [9.17, 15) is 4.79 Å². The minimum absolute atomic E-state index is 0.279. The van der Waals surface area contributed by atoms with Crippen molar-refractivity contribution in [2.45, 2.75) is 40.0 Å². The molecule has 0 amide bonds. The second-order valence-corrected chi connectivity index (χ2v) is 2.75. The molecule has 0 aromatic heterocycles. The van der Waals surface area contributed by atoms with Gasteiger partial charge in [-0.2, -0.15) is 0 Å². The molecular weight excluding hydrogens is 150 g/mol. The van der Waals surface area contributed by atoms with Gasteiger partial charge in [-0.25, -0.2) is 0 Å². The SMILES string of the molecule is CCCC(=O)C(=CNCC)CC. The van der Waals surface area contributed by atoms with Crippen LogP contribution >= 0.6 is 0 Å². The van der Waals surface area contributed by atoms with Crippen LogP contribution in [0.15, 0.2) is 11.8 Å². The zero-order chi connectivity index (χ0) is 9.40. The van der Waals surface area contributed by atoms with Crippen LogP contribution in [-0.4, -0.2) is 12.3 Å². The molecule has 0 radical (unpaired) electrons. The number of hydrogen-bond donors (Lipinski definition) is 1. The van der Waals surface area contributed by atoms with E-state index in [1.54, 1.807) is 0 Å². The Bertz CT molecular complexity index is 161. The van der Waals surface area contributed by atoms with Crippen LogP contribution in [0.4, 0.5) is 0 Å². The van der Waals surface area contributed by atoms with Gasteiger partial charge in [0.25, 0.3) is 0 Å². The smallest absolute Gasteiger partial charge is 0.160 e. The van der Waals surface area contributed by atoms with Crippen molar-refractivity contribution in [3.63, 3.8) is 0 Å². The second kappa shape index (κ2) is 6.89. The molecule has 2 heteroatoms. The molecule has 0 fully saturated rings. The lowest BCUT2D eigenvalue weighted by molar-refractivity contribution is -0.115. The van der Waals surface area contributed by atoms with Crippen molar-refractivity contribution in [3.05, 3.63) is 11.8 Å². The van der Waals surface area contributed by atoms with E-state index >= 15 is 0 Å². The number of carbonyl (C=O) groups excluding carboxylic acids is 1. The Morgan fingerprint density at radius 1 is 1.33 bits per heavy atom. The van der Waals surface area contributed by atoms with Gasteiger partial charge in [-0.3, -0.25) is 4.79 Å². The van der Waals surface area contributed by atoms with Gasteiger partial charge in [0.05, 0.1) is 0 Å². The Morgan fingerprint density at radius 3 is 2.42 bits per heavy atom. The lowest BCUT2D eigenvalue weighted by Gasteiger charge is -2.02. The van der Waals surface area contributed by atoms with Crippen molar-refractivity contribution in [1.82, 2.24) is 5.32 Å². The summed E-state index contributed by atoms with van der Waals surface area (Å²) in [4.78, 5) is 11.4. The normalized spacial score (nSPS) is 11.4. The molecule has 0 heterocycles. The van der Waals surface area contributed by atoms with Crippen LogP contribution in [0.25, 0.3) is 0 Å². The summed E-state index contributed by atoms with van der Waals surface area (Å²) in [5.74, 6) is 0.279. The average molecular weight is 169 g/mol.